The predicted octanol–water partition coefficient (Wildman–Crippen LogP) is 7.51. The number of imidazole rings is 1. The number of benzene rings is 2. The largest absolute Gasteiger partial charge is 0.478 e. The van der Waals surface area contributed by atoms with Crippen LogP contribution in [0.5, 0.6) is 0 Å². The highest BCUT2D eigenvalue weighted by molar-refractivity contribution is 7.99. The zero-order valence-corrected chi connectivity index (χ0v) is 22.9. The van der Waals surface area contributed by atoms with Gasteiger partial charge in [-0.25, -0.2) is 9.78 Å². The molecule has 0 bridgehead atoms. The van der Waals surface area contributed by atoms with Gasteiger partial charge in [-0.1, -0.05) is 75.6 Å². The van der Waals surface area contributed by atoms with Crippen LogP contribution in [0.25, 0.3) is 22.2 Å². The van der Waals surface area contributed by atoms with Crippen LogP contribution in [0, 0.1) is 0 Å². The first-order valence-corrected chi connectivity index (χ1v) is 15.0. The van der Waals surface area contributed by atoms with E-state index in [2.05, 4.69) is 40.7 Å². The minimum Gasteiger partial charge on any atom is -0.478 e. The molecule has 2 heterocycles. The van der Waals surface area contributed by atoms with Gasteiger partial charge in [0.05, 0.1) is 5.56 Å². The lowest BCUT2D eigenvalue weighted by Gasteiger charge is -2.22. The number of nitrogens with zero attached hydrogens (tertiary/aromatic N) is 4. The number of thioether (sulfide) groups is 2. The van der Waals surface area contributed by atoms with E-state index in [0.717, 1.165) is 55.1 Å². The lowest BCUT2D eigenvalue weighted by atomic mass is 9.88. The third-order valence-corrected chi connectivity index (χ3v) is 8.60. The lowest BCUT2D eigenvalue weighted by Crippen LogP contribution is -2.13. The molecule has 0 unspecified atom stereocenters. The minimum atomic E-state index is -0.912. The van der Waals surface area contributed by atoms with E-state index in [1.54, 1.807) is 35.7 Å². The van der Waals surface area contributed by atoms with Crippen molar-refractivity contribution in [2.24, 2.45) is 0 Å². The summed E-state index contributed by atoms with van der Waals surface area (Å²) in [5.41, 5.74) is 5.18. The van der Waals surface area contributed by atoms with E-state index in [0.29, 0.717) is 18.0 Å². The molecule has 2 aromatic carbocycles. The zero-order chi connectivity index (χ0) is 25.8. The van der Waals surface area contributed by atoms with Crippen molar-refractivity contribution in [2.45, 2.75) is 68.5 Å². The molecule has 1 saturated carbocycles. The molecule has 6 nitrogen and oxygen atoms in total. The Morgan fingerprint density at radius 1 is 0.946 bits per heavy atom. The van der Waals surface area contributed by atoms with E-state index in [1.165, 1.54) is 32.1 Å². The first-order chi connectivity index (χ1) is 18.1. The van der Waals surface area contributed by atoms with Crippen molar-refractivity contribution in [3.05, 3.63) is 65.5 Å². The van der Waals surface area contributed by atoms with Gasteiger partial charge < -0.3 is 9.67 Å². The van der Waals surface area contributed by atoms with Crippen molar-refractivity contribution < 1.29 is 9.90 Å². The van der Waals surface area contributed by atoms with Crippen LogP contribution < -0.4 is 0 Å². The van der Waals surface area contributed by atoms with Crippen molar-refractivity contribution in [2.75, 3.05) is 11.5 Å². The lowest BCUT2D eigenvalue weighted by molar-refractivity contribution is 0.0697. The molecule has 0 amide bonds. The normalized spacial score (nSPS) is 14.3. The molecule has 4 aromatic rings. The quantitative estimate of drug-likeness (QED) is 0.223. The average molecular weight is 533 g/mol. The molecule has 0 radical (unpaired) electrons. The number of hydrogen-bond donors (Lipinski definition) is 1. The van der Waals surface area contributed by atoms with Gasteiger partial charge in [-0.05, 0) is 47.1 Å². The highest BCUT2D eigenvalue weighted by Gasteiger charge is 2.26. The van der Waals surface area contributed by atoms with Crippen LogP contribution in [0.15, 0.2) is 58.6 Å². The van der Waals surface area contributed by atoms with Crippen LogP contribution in [0.1, 0.15) is 73.6 Å². The maximum atomic E-state index is 11.7. The highest BCUT2D eigenvalue weighted by Crippen LogP contribution is 2.38. The number of aromatic nitrogens is 4. The van der Waals surface area contributed by atoms with E-state index < -0.39 is 5.97 Å². The first-order valence-electron chi connectivity index (χ1n) is 13.0. The van der Waals surface area contributed by atoms with Crippen LogP contribution in [0.4, 0.5) is 0 Å². The number of carbonyl (C=O) groups is 1. The summed E-state index contributed by atoms with van der Waals surface area (Å²) in [7, 11) is 0. The number of fused-ring (bicyclic) bond motifs is 1. The molecular formula is C29H32N4O2S2. The number of carboxylic acids is 1. The fourth-order valence-electron chi connectivity index (χ4n) is 5.22. The van der Waals surface area contributed by atoms with Crippen LogP contribution in [0.3, 0.4) is 0 Å². The SMILES string of the molecule is CCSc1nnc(SCC)c2c1nc(C1CCCCC1)n2Cc1ccc(-c2ccccc2C(=O)O)cc1. The molecule has 2 aromatic heterocycles. The summed E-state index contributed by atoms with van der Waals surface area (Å²) in [6.07, 6.45) is 6.13. The van der Waals surface area contributed by atoms with E-state index in [9.17, 15) is 9.90 Å². The third-order valence-electron chi connectivity index (χ3n) is 6.93. The Morgan fingerprint density at radius 3 is 2.32 bits per heavy atom. The van der Waals surface area contributed by atoms with Gasteiger partial charge in [0.1, 0.15) is 26.9 Å². The van der Waals surface area contributed by atoms with E-state index in [-0.39, 0.29) is 0 Å². The summed E-state index contributed by atoms with van der Waals surface area (Å²) in [5, 5.41) is 20.7. The van der Waals surface area contributed by atoms with Gasteiger partial charge in [0, 0.05) is 12.5 Å². The molecule has 0 atom stereocenters. The smallest absolute Gasteiger partial charge is 0.336 e. The molecule has 1 fully saturated rings. The number of carboxylic acid groups (broad SMARTS) is 1. The van der Waals surface area contributed by atoms with E-state index in [1.807, 2.05) is 24.3 Å². The van der Waals surface area contributed by atoms with Crippen LogP contribution >= 0.6 is 23.5 Å². The standard InChI is InChI=1S/C29H32N4O2S2/c1-3-36-27-24-25(28(32-31-27)37-4-2)33(26(30-24)21-10-6-5-7-11-21)18-19-14-16-20(17-15-19)22-12-8-9-13-23(22)29(34)35/h8-9,12-17,21H,3-7,10-11,18H2,1-2H3,(H,34,35). The summed E-state index contributed by atoms with van der Waals surface area (Å²) in [6, 6.07) is 15.4. The average Bonchev–Trinajstić information content (AvgIpc) is 3.31. The van der Waals surface area contributed by atoms with Gasteiger partial charge in [0.15, 0.2) is 0 Å². The number of aromatic carboxylic acids is 1. The Bertz CT molecular complexity index is 1400. The second kappa shape index (κ2) is 11.7. The summed E-state index contributed by atoms with van der Waals surface area (Å²) >= 11 is 3.42. The minimum absolute atomic E-state index is 0.316. The number of rotatable bonds is 9. The Balaban J connectivity index is 1.58. The molecule has 1 aliphatic carbocycles. The Hall–Kier alpha value is -2.84. The molecule has 192 valence electrons. The fourth-order valence-corrected chi connectivity index (χ4v) is 6.58. The maximum Gasteiger partial charge on any atom is 0.336 e. The van der Waals surface area contributed by atoms with Gasteiger partial charge in [-0.15, -0.1) is 33.7 Å². The van der Waals surface area contributed by atoms with Gasteiger partial charge in [-0.3, -0.25) is 0 Å². The molecule has 37 heavy (non-hydrogen) atoms. The van der Waals surface area contributed by atoms with E-state index in [4.69, 9.17) is 4.98 Å². The van der Waals surface area contributed by atoms with Crippen LogP contribution in [-0.4, -0.2) is 42.3 Å². The molecule has 1 aliphatic rings. The summed E-state index contributed by atoms with van der Waals surface area (Å²) in [4.78, 5) is 17.0. The molecule has 0 saturated heterocycles. The van der Waals surface area contributed by atoms with Crippen molar-refractivity contribution >= 4 is 40.5 Å². The second-order valence-corrected chi connectivity index (χ2v) is 11.8. The maximum absolute atomic E-state index is 11.7. The topological polar surface area (TPSA) is 80.9 Å². The summed E-state index contributed by atoms with van der Waals surface area (Å²) < 4.78 is 2.39. The fraction of sp³-hybridized carbons (Fsp3) is 0.379. The van der Waals surface area contributed by atoms with Gasteiger partial charge >= 0.3 is 5.97 Å². The molecule has 5 rings (SSSR count). The zero-order valence-electron chi connectivity index (χ0n) is 21.3. The highest BCUT2D eigenvalue weighted by atomic mass is 32.2. The van der Waals surface area contributed by atoms with Crippen molar-refractivity contribution in [3.8, 4) is 11.1 Å². The Labute approximate surface area is 226 Å². The molecule has 1 N–H and O–H groups in total. The van der Waals surface area contributed by atoms with Crippen LogP contribution in [-0.2, 0) is 6.54 Å². The molecule has 8 heteroatoms. The third kappa shape index (κ3) is 5.41. The molecular weight excluding hydrogens is 500 g/mol. The van der Waals surface area contributed by atoms with Crippen molar-refractivity contribution in [1.82, 2.24) is 19.7 Å². The van der Waals surface area contributed by atoms with Gasteiger partial charge in [0.2, 0.25) is 0 Å². The van der Waals surface area contributed by atoms with Gasteiger partial charge in [-0.2, -0.15) is 0 Å². The summed E-state index contributed by atoms with van der Waals surface area (Å²) in [5.74, 6) is 2.53. The summed E-state index contributed by atoms with van der Waals surface area (Å²) in [6.45, 7) is 4.97. The molecule has 0 aliphatic heterocycles. The number of hydrogen-bond acceptors (Lipinski definition) is 6. The second-order valence-electron chi connectivity index (χ2n) is 9.31. The van der Waals surface area contributed by atoms with E-state index >= 15 is 0 Å². The first kappa shape index (κ1) is 25.8. The van der Waals surface area contributed by atoms with Crippen molar-refractivity contribution in [3.63, 3.8) is 0 Å². The Kier molecular flexibility index (Phi) is 8.15. The predicted molar refractivity (Wildman–Crippen MR) is 152 cm³/mol. The van der Waals surface area contributed by atoms with Crippen LogP contribution in [0.2, 0.25) is 0 Å². The van der Waals surface area contributed by atoms with Gasteiger partial charge in [0.25, 0.3) is 0 Å². The van der Waals surface area contributed by atoms with Crippen molar-refractivity contribution in [1.29, 1.82) is 0 Å². The monoisotopic (exact) mass is 532 g/mol. The Morgan fingerprint density at radius 2 is 1.62 bits per heavy atom. The molecule has 0 spiro atoms.